The van der Waals surface area contributed by atoms with Gasteiger partial charge in [-0.25, -0.2) is 5.84 Å². The Labute approximate surface area is 64.6 Å². The minimum Gasteiger partial charge on any atom is -0.364 e. The first-order chi connectivity index (χ1) is 5.36. The van der Waals surface area contributed by atoms with Crippen LogP contribution >= 0.6 is 0 Å². The first kappa shape index (κ1) is 6.24. The molecule has 0 amide bonds. The molecule has 0 aromatic heterocycles. The molecule has 0 fully saturated rings. The summed E-state index contributed by atoms with van der Waals surface area (Å²) in [4.78, 5) is 5.16. The van der Waals surface area contributed by atoms with Gasteiger partial charge < -0.3 is 4.84 Å². The van der Waals surface area contributed by atoms with Crippen molar-refractivity contribution >= 4 is 6.08 Å². The van der Waals surface area contributed by atoms with Crippen molar-refractivity contribution in [2.75, 3.05) is 0 Å². The second-order valence-corrected chi connectivity index (χ2v) is 2.30. The number of hydrogen-bond donors (Lipinski definition) is 1. The van der Waals surface area contributed by atoms with Crippen LogP contribution in [0.15, 0.2) is 30.5 Å². The topological polar surface area (TPSA) is 38.5 Å². The Kier molecular flexibility index (Phi) is 1.30. The Balaban J connectivity index is 2.46. The van der Waals surface area contributed by atoms with Gasteiger partial charge in [-0.1, -0.05) is 18.2 Å². The molecular formula is C8H8N2O. The molecule has 0 aliphatic carbocycles. The van der Waals surface area contributed by atoms with Gasteiger partial charge in [-0.05, 0) is 12.1 Å². The van der Waals surface area contributed by atoms with Crippen molar-refractivity contribution in [3.05, 3.63) is 36.0 Å². The third-order valence-electron chi connectivity index (χ3n) is 1.52. The predicted molar refractivity (Wildman–Crippen MR) is 42.1 cm³/mol. The van der Waals surface area contributed by atoms with Crippen molar-refractivity contribution in [3.8, 4) is 5.75 Å². The van der Waals surface area contributed by atoms with Gasteiger partial charge in [0.25, 0.3) is 0 Å². The Morgan fingerprint density at radius 3 is 3.00 bits per heavy atom. The van der Waals surface area contributed by atoms with E-state index in [4.69, 9.17) is 10.7 Å². The fourth-order valence-corrected chi connectivity index (χ4v) is 0.999. The van der Waals surface area contributed by atoms with Crippen LogP contribution in [0.2, 0.25) is 0 Å². The van der Waals surface area contributed by atoms with Crippen molar-refractivity contribution < 1.29 is 4.84 Å². The van der Waals surface area contributed by atoms with Crippen LogP contribution in [0.4, 0.5) is 0 Å². The number of benzene rings is 1. The van der Waals surface area contributed by atoms with Crippen molar-refractivity contribution in [2.45, 2.75) is 0 Å². The number of hydroxylamine groups is 1. The molecule has 0 saturated carbocycles. The first-order valence-corrected chi connectivity index (χ1v) is 3.35. The lowest BCUT2D eigenvalue weighted by Crippen LogP contribution is -2.30. The maximum Gasteiger partial charge on any atom is 0.164 e. The summed E-state index contributed by atoms with van der Waals surface area (Å²) >= 11 is 0. The summed E-state index contributed by atoms with van der Waals surface area (Å²) in [7, 11) is 0. The molecule has 1 aliphatic heterocycles. The van der Waals surface area contributed by atoms with Crippen molar-refractivity contribution in [2.24, 2.45) is 5.84 Å². The monoisotopic (exact) mass is 148 g/mol. The largest absolute Gasteiger partial charge is 0.364 e. The fourth-order valence-electron chi connectivity index (χ4n) is 0.999. The lowest BCUT2D eigenvalue weighted by molar-refractivity contribution is -0.0107. The Morgan fingerprint density at radius 1 is 1.27 bits per heavy atom. The van der Waals surface area contributed by atoms with E-state index in [2.05, 4.69) is 0 Å². The van der Waals surface area contributed by atoms with Crippen LogP contribution < -0.4 is 10.7 Å². The highest BCUT2D eigenvalue weighted by Crippen LogP contribution is 2.22. The van der Waals surface area contributed by atoms with Crippen molar-refractivity contribution in [1.29, 1.82) is 0 Å². The number of fused-ring (bicyclic) bond motifs is 1. The zero-order valence-electron chi connectivity index (χ0n) is 5.90. The van der Waals surface area contributed by atoms with Gasteiger partial charge in [0, 0.05) is 5.56 Å². The molecule has 3 heteroatoms. The molecule has 1 heterocycles. The summed E-state index contributed by atoms with van der Waals surface area (Å²) in [6.45, 7) is 0. The summed E-state index contributed by atoms with van der Waals surface area (Å²) in [5, 5.41) is 1.18. The predicted octanol–water partition coefficient (Wildman–Crippen LogP) is 1.14. The second-order valence-electron chi connectivity index (χ2n) is 2.30. The van der Waals surface area contributed by atoms with E-state index in [9.17, 15) is 0 Å². The van der Waals surface area contributed by atoms with E-state index in [1.165, 1.54) is 5.17 Å². The van der Waals surface area contributed by atoms with E-state index in [-0.39, 0.29) is 0 Å². The second kappa shape index (κ2) is 2.29. The molecule has 56 valence electrons. The van der Waals surface area contributed by atoms with Crippen LogP contribution in [0, 0.1) is 0 Å². The molecule has 11 heavy (non-hydrogen) atoms. The number of hydrazine groups is 1. The Bertz CT molecular complexity index is 296. The molecule has 0 spiro atoms. The number of nitrogens with two attached hydrogens (primary N) is 1. The number of para-hydroxylation sites is 1. The van der Waals surface area contributed by atoms with Gasteiger partial charge in [0.05, 0.1) is 6.20 Å². The molecule has 0 bridgehead atoms. The van der Waals surface area contributed by atoms with E-state index >= 15 is 0 Å². The average molecular weight is 148 g/mol. The summed E-state index contributed by atoms with van der Waals surface area (Å²) in [5.41, 5.74) is 1.05. The average Bonchev–Trinajstić information content (AvgIpc) is 2.04. The molecule has 1 aromatic carbocycles. The van der Waals surface area contributed by atoms with Gasteiger partial charge in [0.2, 0.25) is 0 Å². The van der Waals surface area contributed by atoms with Crippen LogP contribution in [0.25, 0.3) is 6.08 Å². The van der Waals surface area contributed by atoms with Gasteiger partial charge in [0.15, 0.2) is 5.75 Å². The molecule has 2 rings (SSSR count). The molecule has 0 atom stereocenters. The smallest absolute Gasteiger partial charge is 0.164 e. The third kappa shape index (κ3) is 1.06. The quantitative estimate of drug-likeness (QED) is 0.561. The van der Waals surface area contributed by atoms with Crippen LogP contribution in [-0.4, -0.2) is 5.17 Å². The number of nitrogens with zero attached hydrogens (tertiary/aromatic N) is 1. The van der Waals surface area contributed by atoms with E-state index in [1.54, 1.807) is 6.20 Å². The Morgan fingerprint density at radius 2 is 2.09 bits per heavy atom. The molecule has 0 unspecified atom stereocenters. The SMILES string of the molecule is NN1C=Cc2ccccc2O1. The van der Waals surface area contributed by atoms with Gasteiger partial charge in [-0.15, -0.1) is 5.17 Å². The van der Waals surface area contributed by atoms with Crippen LogP contribution in [-0.2, 0) is 0 Å². The van der Waals surface area contributed by atoms with E-state index < -0.39 is 0 Å². The van der Waals surface area contributed by atoms with Crippen LogP contribution in [0.3, 0.4) is 0 Å². The summed E-state index contributed by atoms with van der Waals surface area (Å²) < 4.78 is 0. The Hall–Kier alpha value is -1.48. The first-order valence-electron chi connectivity index (χ1n) is 3.35. The minimum absolute atomic E-state index is 0.789. The molecule has 0 saturated heterocycles. The lowest BCUT2D eigenvalue weighted by atomic mass is 10.2. The minimum atomic E-state index is 0.789. The van der Waals surface area contributed by atoms with Gasteiger partial charge >= 0.3 is 0 Å². The summed E-state index contributed by atoms with van der Waals surface area (Å²) in [5.74, 6) is 6.16. The van der Waals surface area contributed by atoms with Gasteiger partial charge in [0.1, 0.15) is 0 Å². The van der Waals surface area contributed by atoms with Crippen LogP contribution in [0.5, 0.6) is 5.75 Å². The maximum atomic E-state index is 5.37. The molecule has 3 nitrogen and oxygen atoms in total. The van der Waals surface area contributed by atoms with E-state index in [1.807, 2.05) is 30.3 Å². The highest BCUT2D eigenvalue weighted by atomic mass is 16.7. The standard InChI is InChI=1S/C8H8N2O/c9-10-6-5-7-3-1-2-4-8(7)11-10/h1-6H,9H2. The fraction of sp³-hybridized carbons (Fsp3) is 0. The number of rotatable bonds is 0. The zero-order valence-corrected chi connectivity index (χ0v) is 5.90. The summed E-state index contributed by atoms with van der Waals surface area (Å²) in [6, 6.07) is 7.71. The lowest BCUT2D eigenvalue weighted by Gasteiger charge is -2.19. The summed E-state index contributed by atoms with van der Waals surface area (Å²) in [6.07, 6.45) is 3.57. The molecule has 2 N–H and O–H groups in total. The maximum absolute atomic E-state index is 5.37. The highest BCUT2D eigenvalue weighted by Gasteiger charge is 2.06. The normalized spacial score (nSPS) is 14.1. The van der Waals surface area contributed by atoms with Gasteiger partial charge in [-0.2, -0.15) is 0 Å². The third-order valence-corrected chi connectivity index (χ3v) is 1.52. The number of hydrogen-bond acceptors (Lipinski definition) is 3. The van der Waals surface area contributed by atoms with E-state index in [0.29, 0.717) is 0 Å². The van der Waals surface area contributed by atoms with Crippen molar-refractivity contribution in [3.63, 3.8) is 0 Å². The van der Waals surface area contributed by atoms with Crippen molar-refractivity contribution in [1.82, 2.24) is 5.17 Å². The molecule has 1 aliphatic rings. The molecular weight excluding hydrogens is 140 g/mol. The molecule has 0 radical (unpaired) electrons. The molecule has 1 aromatic rings. The zero-order chi connectivity index (χ0) is 7.68. The van der Waals surface area contributed by atoms with E-state index in [0.717, 1.165) is 11.3 Å². The highest BCUT2D eigenvalue weighted by molar-refractivity contribution is 5.57. The van der Waals surface area contributed by atoms with Crippen LogP contribution in [0.1, 0.15) is 5.56 Å². The van der Waals surface area contributed by atoms with Gasteiger partial charge in [-0.3, -0.25) is 0 Å².